The molecule has 1 aliphatic rings. The Bertz CT molecular complexity index is 947. The zero-order valence-corrected chi connectivity index (χ0v) is 17.3. The van der Waals surface area contributed by atoms with Gasteiger partial charge in [-0.3, -0.25) is 4.79 Å². The molecule has 0 spiro atoms. The van der Waals surface area contributed by atoms with Gasteiger partial charge in [0.25, 0.3) is 0 Å². The first-order chi connectivity index (χ1) is 13.9. The van der Waals surface area contributed by atoms with Crippen LogP contribution in [0.3, 0.4) is 0 Å². The minimum absolute atomic E-state index is 0.0145. The number of nitrogens with one attached hydrogen (secondary N) is 1. The molecule has 29 heavy (non-hydrogen) atoms. The van der Waals surface area contributed by atoms with Gasteiger partial charge in [0.2, 0.25) is 21.8 Å². The zero-order chi connectivity index (χ0) is 20.9. The van der Waals surface area contributed by atoms with Crippen molar-refractivity contribution in [2.24, 2.45) is 0 Å². The fourth-order valence-corrected chi connectivity index (χ4v) is 4.50. The first-order valence-corrected chi connectivity index (χ1v) is 10.8. The summed E-state index contributed by atoms with van der Waals surface area (Å²) in [7, 11) is -0.649. The van der Waals surface area contributed by atoms with E-state index in [-0.39, 0.29) is 23.3 Å². The van der Waals surface area contributed by atoms with Crippen LogP contribution in [0.15, 0.2) is 47.5 Å². The van der Waals surface area contributed by atoms with E-state index in [9.17, 15) is 13.2 Å². The SMILES string of the molecule is COc1cccc(CN2CCC(NS(=O)(=O)c3ccc(OC)nc3)CCC2=O)c1. The van der Waals surface area contributed by atoms with Gasteiger partial charge in [-0.2, -0.15) is 0 Å². The predicted molar refractivity (Wildman–Crippen MR) is 107 cm³/mol. The Hall–Kier alpha value is -2.65. The largest absolute Gasteiger partial charge is 0.497 e. The molecule has 1 aliphatic heterocycles. The number of ether oxygens (including phenoxy) is 2. The van der Waals surface area contributed by atoms with Crippen molar-refractivity contribution in [2.75, 3.05) is 20.8 Å². The van der Waals surface area contributed by atoms with Gasteiger partial charge < -0.3 is 14.4 Å². The Morgan fingerprint density at radius 3 is 2.69 bits per heavy atom. The van der Waals surface area contributed by atoms with Crippen LogP contribution in [-0.2, 0) is 21.4 Å². The maximum atomic E-state index is 12.6. The first kappa shape index (κ1) is 21.1. The van der Waals surface area contributed by atoms with Crippen LogP contribution < -0.4 is 14.2 Å². The summed E-state index contributed by atoms with van der Waals surface area (Å²) in [6.07, 6.45) is 2.55. The number of carbonyl (C=O) groups is 1. The highest BCUT2D eigenvalue weighted by atomic mass is 32.2. The van der Waals surface area contributed by atoms with E-state index in [1.807, 2.05) is 24.3 Å². The molecule has 2 aromatic rings. The summed E-state index contributed by atoms with van der Waals surface area (Å²) in [6, 6.07) is 10.2. The minimum Gasteiger partial charge on any atom is -0.497 e. The van der Waals surface area contributed by atoms with Gasteiger partial charge in [-0.25, -0.2) is 18.1 Å². The number of nitrogens with zero attached hydrogens (tertiary/aromatic N) is 2. The molecular weight excluding hydrogens is 394 g/mol. The predicted octanol–water partition coefficient (Wildman–Crippen LogP) is 1.96. The number of benzene rings is 1. The van der Waals surface area contributed by atoms with Crippen LogP contribution in [0.1, 0.15) is 24.8 Å². The van der Waals surface area contributed by atoms with Gasteiger partial charge in [0, 0.05) is 31.6 Å². The third kappa shape index (κ3) is 5.45. The third-order valence-electron chi connectivity index (χ3n) is 4.86. The van der Waals surface area contributed by atoms with E-state index in [2.05, 4.69) is 9.71 Å². The fraction of sp³-hybridized carbons (Fsp3) is 0.400. The number of aromatic nitrogens is 1. The molecule has 0 radical (unpaired) electrons. The van der Waals surface area contributed by atoms with E-state index >= 15 is 0 Å². The van der Waals surface area contributed by atoms with Crippen LogP contribution in [0.4, 0.5) is 0 Å². The lowest BCUT2D eigenvalue weighted by atomic mass is 10.1. The van der Waals surface area contributed by atoms with Crippen molar-refractivity contribution in [1.82, 2.24) is 14.6 Å². The lowest BCUT2D eigenvalue weighted by Gasteiger charge is -2.21. The number of methoxy groups -OCH3 is 2. The number of hydrogen-bond donors (Lipinski definition) is 1. The van der Waals surface area contributed by atoms with Gasteiger partial charge in [0.1, 0.15) is 10.6 Å². The number of rotatable bonds is 7. The molecular formula is C20H25N3O5S. The second-order valence-electron chi connectivity index (χ2n) is 6.85. The van der Waals surface area contributed by atoms with Crippen LogP contribution in [0.25, 0.3) is 0 Å². The summed E-state index contributed by atoms with van der Waals surface area (Å²) in [5.74, 6) is 1.10. The standard InChI is InChI=1S/C20H25N3O5S/c1-27-17-5-3-4-15(12-17)14-23-11-10-16(6-9-20(23)24)22-29(25,26)18-7-8-19(28-2)21-13-18/h3-5,7-8,12-13,16,22H,6,9-11,14H2,1-2H3. The molecule has 0 aliphatic carbocycles. The van der Waals surface area contributed by atoms with Crippen molar-refractivity contribution in [3.63, 3.8) is 0 Å². The number of likely N-dealkylation sites (tertiary alicyclic amines) is 1. The van der Waals surface area contributed by atoms with E-state index in [0.717, 1.165) is 11.3 Å². The van der Waals surface area contributed by atoms with E-state index in [0.29, 0.717) is 31.8 Å². The Labute approximate surface area is 170 Å². The zero-order valence-electron chi connectivity index (χ0n) is 16.5. The molecule has 1 N–H and O–H groups in total. The second kappa shape index (κ2) is 9.23. The second-order valence-corrected chi connectivity index (χ2v) is 8.56. The molecule has 9 heteroatoms. The Morgan fingerprint density at radius 2 is 2.00 bits per heavy atom. The van der Waals surface area contributed by atoms with E-state index in [4.69, 9.17) is 9.47 Å². The average Bonchev–Trinajstić information content (AvgIpc) is 2.90. The first-order valence-electron chi connectivity index (χ1n) is 9.34. The van der Waals surface area contributed by atoms with Gasteiger partial charge >= 0.3 is 0 Å². The molecule has 1 atom stereocenters. The lowest BCUT2D eigenvalue weighted by molar-refractivity contribution is -0.131. The van der Waals surface area contributed by atoms with Crippen LogP contribution in [0, 0.1) is 0 Å². The molecule has 1 amide bonds. The smallest absolute Gasteiger partial charge is 0.242 e. The molecule has 1 saturated heterocycles. The molecule has 0 saturated carbocycles. The topological polar surface area (TPSA) is 97.8 Å². The molecule has 2 heterocycles. The van der Waals surface area contributed by atoms with Gasteiger partial charge in [-0.15, -0.1) is 0 Å². The number of amides is 1. The molecule has 156 valence electrons. The summed E-state index contributed by atoms with van der Waals surface area (Å²) in [4.78, 5) is 18.3. The van der Waals surface area contributed by atoms with Crippen molar-refractivity contribution in [1.29, 1.82) is 0 Å². The van der Waals surface area contributed by atoms with E-state index < -0.39 is 10.0 Å². The van der Waals surface area contributed by atoms with Gasteiger partial charge in [0.05, 0.1) is 20.4 Å². The lowest BCUT2D eigenvalue weighted by Crippen LogP contribution is -2.36. The van der Waals surface area contributed by atoms with Crippen LogP contribution in [0.2, 0.25) is 0 Å². The molecule has 1 aromatic carbocycles. The number of pyridine rings is 1. The van der Waals surface area contributed by atoms with Crippen molar-refractivity contribution in [3.8, 4) is 11.6 Å². The monoisotopic (exact) mass is 419 g/mol. The maximum absolute atomic E-state index is 12.6. The van der Waals surface area contributed by atoms with Crippen LogP contribution in [0.5, 0.6) is 11.6 Å². The van der Waals surface area contributed by atoms with Gasteiger partial charge in [-0.05, 0) is 36.6 Å². The van der Waals surface area contributed by atoms with Crippen molar-refractivity contribution >= 4 is 15.9 Å². The van der Waals surface area contributed by atoms with E-state index in [1.54, 1.807) is 12.0 Å². The fourth-order valence-electron chi connectivity index (χ4n) is 3.25. The third-order valence-corrected chi connectivity index (χ3v) is 6.37. The summed E-state index contributed by atoms with van der Waals surface area (Å²) < 4.78 is 38.2. The maximum Gasteiger partial charge on any atom is 0.242 e. The summed E-state index contributed by atoms with van der Waals surface area (Å²) in [5, 5.41) is 0. The Balaban J connectivity index is 1.64. The highest BCUT2D eigenvalue weighted by Crippen LogP contribution is 2.20. The molecule has 1 fully saturated rings. The Morgan fingerprint density at radius 1 is 1.17 bits per heavy atom. The average molecular weight is 420 g/mol. The van der Waals surface area contributed by atoms with Gasteiger partial charge in [0.15, 0.2) is 0 Å². The molecule has 8 nitrogen and oxygen atoms in total. The number of carbonyl (C=O) groups excluding carboxylic acids is 1. The van der Waals surface area contributed by atoms with Crippen LogP contribution >= 0.6 is 0 Å². The van der Waals surface area contributed by atoms with Crippen LogP contribution in [-0.4, -0.2) is 51.0 Å². The number of sulfonamides is 1. The summed E-state index contributed by atoms with van der Waals surface area (Å²) in [5.41, 5.74) is 0.973. The quantitative estimate of drug-likeness (QED) is 0.737. The van der Waals surface area contributed by atoms with E-state index in [1.165, 1.54) is 25.4 Å². The molecule has 1 aromatic heterocycles. The summed E-state index contributed by atoms with van der Waals surface area (Å²) in [6.45, 7) is 0.946. The molecule has 1 unspecified atom stereocenters. The van der Waals surface area contributed by atoms with Crippen molar-refractivity contribution in [3.05, 3.63) is 48.2 Å². The molecule has 3 rings (SSSR count). The Kier molecular flexibility index (Phi) is 6.71. The van der Waals surface area contributed by atoms with Crippen molar-refractivity contribution in [2.45, 2.75) is 36.7 Å². The normalized spacial score (nSPS) is 17.7. The highest BCUT2D eigenvalue weighted by Gasteiger charge is 2.26. The molecule has 0 bridgehead atoms. The van der Waals surface area contributed by atoms with Gasteiger partial charge in [-0.1, -0.05) is 12.1 Å². The highest BCUT2D eigenvalue weighted by molar-refractivity contribution is 7.89. The summed E-state index contributed by atoms with van der Waals surface area (Å²) >= 11 is 0. The number of hydrogen-bond acceptors (Lipinski definition) is 6. The minimum atomic E-state index is -3.72. The van der Waals surface area contributed by atoms with Crippen molar-refractivity contribution < 1.29 is 22.7 Å².